The molecule has 0 saturated heterocycles. The molecule has 0 N–H and O–H groups in total. The number of hydrogen-bond donors (Lipinski definition) is 0. The van der Waals surface area contributed by atoms with Crippen molar-refractivity contribution in [2.24, 2.45) is 0 Å². The van der Waals surface area contributed by atoms with Crippen LogP contribution in [-0.2, 0) is 16.1 Å². The van der Waals surface area contributed by atoms with Crippen molar-refractivity contribution in [1.29, 1.82) is 0 Å². The monoisotopic (exact) mass is 290 g/mol. The van der Waals surface area contributed by atoms with Gasteiger partial charge in [0.25, 0.3) is 5.56 Å². The standard InChI is InChI=1S/C14H14N2O3S/c1-2-19-12(17)7-9-8-16-13(18)10-5-3-4-6-11(10)15-14(16)20-9/h3-6,9H,2,7-8H2,1H3. The van der Waals surface area contributed by atoms with Gasteiger partial charge in [0.05, 0.1) is 23.9 Å². The highest BCUT2D eigenvalue weighted by molar-refractivity contribution is 8.00. The molecule has 1 unspecified atom stereocenters. The van der Waals surface area contributed by atoms with Gasteiger partial charge in [0, 0.05) is 11.8 Å². The van der Waals surface area contributed by atoms with Gasteiger partial charge in [0.1, 0.15) is 0 Å². The van der Waals surface area contributed by atoms with Crippen LogP contribution in [0.25, 0.3) is 10.9 Å². The van der Waals surface area contributed by atoms with Crippen molar-refractivity contribution in [2.75, 3.05) is 6.61 Å². The van der Waals surface area contributed by atoms with E-state index in [4.69, 9.17) is 4.74 Å². The summed E-state index contributed by atoms with van der Waals surface area (Å²) < 4.78 is 6.60. The summed E-state index contributed by atoms with van der Waals surface area (Å²) in [7, 11) is 0. The van der Waals surface area contributed by atoms with Crippen molar-refractivity contribution in [1.82, 2.24) is 9.55 Å². The number of esters is 1. The molecule has 2 aromatic rings. The van der Waals surface area contributed by atoms with Crippen molar-refractivity contribution in [3.05, 3.63) is 34.6 Å². The Morgan fingerprint density at radius 1 is 1.50 bits per heavy atom. The summed E-state index contributed by atoms with van der Waals surface area (Å²) in [4.78, 5) is 28.4. The summed E-state index contributed by atoms with van der Waals surface area (Å²) in [6.45, 7) is 2.67. The number of carbonyl (C=O) groups is 1. The van der Waals surface area contributed by atoms with Crippen molar-refractivity contribution in [2.45, 2.75) is 30.3 Å². The first-order valence-electron chi connectivity index (χ1n) is 6.51. The van der Waals surface area contributed by atoms with Crippen LogP contribution in [0.4, 0.5) is 0 Å². The molecule has 0 bridgehead atoms. The summed E-state index contributed by atoms with van der Waals surface area (Å²) in [6.07, 6.45) is 0.303. The molecule has 1 aromatic heterocycles. The van der Waals surface area contributed by atoms with Crippen LogP contribution in [0.2, 0.25) is 0 Å². The predicted octanol–water partition coefficient (Wildman–Crippen LogP) is 1.82. The fourth-order valence-corrected chi connectivity index (χ4v) is 3.48. The van der Waals surface area contributed by atoms with Crippen LogP contribution in [0.1, 0.15) is 13.3 Å². The van der Waals surface area contributed by atoms with E-state index in [1.54, 1.807) is 17.6 Å². The number of fused-ring (bicyclic) bond motifs is 2. The third kappa shape index (κ3) is 2.31. The number of ether oxygens (including phenoxy) is 1. The Bertz CT molecular complexity index is 726. The lowest BCUT2D eigenvalue weighted by Crippen LogP contribution is -2.23. The van der Waals surface area contributed by atoms with Crippen LogP contribution in [-0.4, -0.2) is 27.4 Å². The third-order valence-corrected chi connectivity index (χ3v) is 4.36. The van der Waals surface area contributed by atoms with Gasteiger partial charge in [-0.25, -0.2) is 4.98 Å². The lowest BCUT2D eigenvalue weighted by Gasteiger charge is -2.06. The van der Waals surface area contributed by atoms with E-state index in [1.165, 1.54) is 11.8 Å². The fraction of sp³-hybridized carbons (Fsp3) is 0.357. The Hall–Kier alpha value is -1.82. The normalized spacial score (nSPS) is 17.1. The second-order valence-corrected chi connectivity index (χ2v) is 5.84. The number of para-hydroxylation sites is 1. The minimum absolute atomic E-state index is 0.0195. The van der Waals surface area contributed by atoms with Gasteiger partial charge in [-0.1, -0.05) is 23.9 Å². The van der Waals surface area contributed by atoms with Crippen molar-refractivity contribution in [3.8, 4) is 0 Å². The first kappa shape index (κ1) is 13.2. The second kappa shape index (κ2) is 5.28. The predicted molar refractivity (Wildman–Crippen MR) is 76.9 cm³/mol. The number of hydrogen-bond acceptors (Lipinski definition) is 5. The van der Waals surface area contributed by atoms with Crippen molar-refractivity contribution < 1.29 is 9.53 Å². The quantitative estimate of drug-likeness (QED) is 0.637. The Labute approximate surface area is 120 Å². The molecule has 1 aromatic carbocycles. The average Bonchev–Trinajstić information content (AvgIpc) is 2.82. The van der Waals surface area contributed by atoms with E-state index in [-0.39, 0.29) is 16.8 Å². The Balaban J connectivity index is 1.90. The summed E-state index contributed by atoms with van der Waals surface area (Å²) in [5, 5.41) is 1.32. The summed E-state index contributed by atoms with van der Waals surface area (Å²) >= 11 is 1.47. The highest BCUT2D eigenvalue weighted by atomic mass is 32.2. The molecule has 0 fully saturated rings. The highest BCUT2D eigenvalue weighted by Crippen LogP contribution is 2.32. The molecule has 20 heavy (non-hydrogen) atoms. The van der Waals surface area contributed by atoms with Crippen molar-refractivity contribution >= 4 is 28.6 Å². The zero-order chi connectivity index (χ0) is 14.1. The molecule has 6 heteroatoms. The zero-order valence-corrected chi connectivity index (χ0v) is 11.9. The smallest absolute Gasteiger partial charge is 0.306 e. The van der Waals surface area contributed by atoms with E-state index in [0.717, 1.165) is 0 Å². The van der Waals surface area contributed by atoms with Crippen LogP contribution in [0.5, 0.6) is 0 Å². The minimum atomic E-state index is -0.226. The summed E-state index contributed by atoms with van der Waals surface area (Å²) in [6, 6.07) is 7.30. The number of benzene rings is 1. The molecule has 1 atom stereocenters. The molecule has 0 saturated carbocycles. The molecular formula is C14H14N2O3S. The minimum Gasteiger partial charge on any atom is -0.466 e. The van der Waals surface area contributed by atoms with E-state index >= 15 is 0 Å². The first-order valence-corrected chi connectivity index (χ1v) is 7.39. The van der Waals surface area contributed by atoms with Crippen LogP contribution in [0, 0.1) is 0 Å². The zero-order valence-electron chi connectivity index (χ0n) is 11.0. The van der Waals surface area contributed by atoms with Crippen molar-refractivity contribution in [3.63, 3.8) is 0 Å². The van der Waals surface area contributed by atoms with Gasteiger partial charge in [0.2, 0.25) is 0 Å². The molecule has 0 amide bonds. The molecule has 3 rings (SSSR count). The molecule has 0 radical (unpaired) electrons. The van der Waals surface area contributed by atoms with Crippen LogP contribution in [0.3, 0.4) is 0 Å². The number of rotatable bonds is 3. The van der Waals surface area contributed by atoms with Gasteiger partial charge in [-0.2, -0.15) is 0 Å². The maximum atomic E-state index is 12.4. The van der Waals surface area contributed by atoms with E-state index in [1.807, 2.05) is 18.2 Å². The summed E-state index contributed by atoms with van der Waals surface area (Å²) in [5.74, 6) is -0.226. The maximum absolute atomic E-state index is 12.4. The van der Waals surface area contributed by atoms with Crippen LogP contribution < -0.4 is 5.56 Å². The van der Waals surface area contributed by atoms with E-state index in [2.05, 4.69) is 4.98 Å². The maximum Gasteiger partial charge on any atom is 0.306 e. The Morgan fingerprint density at radius 3 is 3.10 bits per heavy atom. The van der Waals surface area contributed by atoms with Gasteiger partial charge < -0.3 is 4.74 Å². The average molecular weight is 290 g/mol. The largest absolute Gasteiger partial charge is 0.466 e. The van der Waals surface area contributed by atoms with Gasteiger partial charge >= 0.3 is 5.97 Å². The van der Waals surface area contributed by atoms with Gasteiger partial charge in [-0.05, 0) is 19.1 Å². The van der Waals surface area contributed by atoms with Gasteiger partial charge in [-0.3, -0.25) is 14.2 Å². The molecule has 1 aliphatic heterocycles. The Morgan fingerprint density at radius 2 is 2.30 bits per heavy atom. The van der Waals surface area contributed by atoms with E-state index in [0.29, 0.717) is 35.6 Å². The molecule has 5 nitrogen and oxygen atoms in total. The number of nitrogens with zero attached hydrogens (tertiary/aromatic N) is 2. The molecule has 0 spiro atoms. The lowest BCUT2D eigenvalue weighted by molar-refractivity contribution is -0.143. The third-order valence-electron chi connectivity index (χ3n) is 3.18. The molecule has 2 heterocycles. The topological polar surface area (TPSA) is 61.2 Å². The SMILES string of the molecule is CCOC(=O)CC1Cn2c(nc3ccccc3c2=O)S1. The van der Waals surface area contributed by atoms with E-state index < -0.39 is 0 Å². The molecule has 0 aliphatic carbocycles. The summed E-state index contributed by atoms with van der Waals surface area (Å²) in [5.41, 5.74) is 0.664. The van der Waals surface area contributed by atoms with Gasteiger partial charge in [0.15, 0.2) is 5.16 Å². The lowest BCUT2D eigenvalue weighted by atomic mass is 10.2. The molecule has 1 aliphatic rings. The Kier molecular flexibility index (Phi) is 3.48. The highest BCUT2D eigenvalue weighted by Gasteiger charge is 2.27. The van der Waals surface area contributed by atoms with Crippen LogP contribution >= 0.6 is 11.8 Å². The first-order chi connectivity index (χ1) is 9.69. The fourth-order valence-electron chi connectivity index (χ4n) is 2.30. The number of thioether (sulfide) groups is 1. The number of carbonyl (C=O) groups excluding carboxylic acids is 1. The number of aromatic nitrogens is 2. The van der Waals surface area contributed by atoms with Gasteiger partial charge in [-0.15, -0.1) is 0 Å². The molecular weight excluding hydrogens is 276 g/mol. The van der Waals surface area contributed by atoms with E-state index in [9.17, 15) is 9.59 Å². The second-order valence-electron chi connectivity index (χ2n) is 4.58. The molecule has 104 valence electrons. The van der Waals surface area contributed by atoms with Crippen LogP contribution in [0.15, 0.2) is 34.2 Å².